The Morgan fingerprint density at radius 2 is 1.89 bits per heavy atom. The first kappa shape index (κ1) is 13.9. The molecule has 0 fully saturated rings. The van der Waals surface area contributed by atoms with E-state index in [1.165, 1.54) is 0 Å². The van der Waals surface area contributed by atoms with Crippen molar-refractivity contribution in [3.8, 4) is 11.4 Å². The van der Waals surface area contributed by atoms with E-state index in [0.717, 1.165) is 21.3 Å². The highest BCUT2D eigenvalue weighted by Crippen LogP contribution is 2.33. The van der Waals surface area contributed by atoms with Crippen LogP contribution in [-0.2, 0) is 5.41 Å². The molecule has 0 atom stereocenters. The molecule has 5 heteroatoms. The second kappa shape index (κ2) is 4.89. The molecule has 2 rings (SSSR count). The largest absolute Gasteiger partial charge is 0.383 e. The normalized spacial score (nSPS) is 11.6. The Hall–Kier alpha value is -1.49. The quantitative estimate of drug-likeness (QED) is 0.873. The van der Waals surface area contributed by atoms with Crippen LogP contribution in [0.2, 0.25) is 0 Å². The minimum absolute atomic E-state index is 0.106. The molecule has 0 unspecified atom stereocenters. The van der Waals surface area contributed by atoms with Crippen LogP contribution in [0.25, 0.3) is 11.4 Å². The third kappa shape index (κ3) is 2.76. The maximum absolute atomic E-state index is 5.99. The maximum Gasteiger partial charge on any atom is 0.162 e. The van der Waals surface area contributed by atoms with Crippen molar-refractivity contribution in [1.82, 2.24) is 15.0 Å². The fourth-order valence-corrected chi connectivity index (χ4v) is 2.58. The summed E-state index contributed by atoms with van der Waals surface area (Å²) < 4.78 is 0.774. The number of hydrogen-bond acceptors (Lipinski definition) is 4. The average molecular weight is 321 g/mol. The van der Waals surface area contributed by atoms with E-state index in [0.29, 0.717) is 11.6 Å². The Morgan fingerprint density at radius 1 is 1.21 bits per heavy atom. The number of nitrogens with two attached hydrogens (primary N) is 1. The van der Waals surface area contributed by atoms with E-state index < -0.39 is 0 Å². The highest BCUT2D eigenvalue weighted by Gasteiger charge is 2.23. The van der Waals surface area contributed by atoms with Crippen molar-refractivity contribution < 1.29 is 0 Å². The van der Waals surface area contributed by atoms with Crippen molar-refractivity contribution in [2.24, 2.45) is 0 Å². The summed E-state index contributed by atoms with van der Waals surface area (Å²) in [6.45, 7) is 8.29. The Kier molecular flexibility index (Phi) is 3.58. The smallest absolute Gasteiger partial charge is 0.162 e. The van der Waals surface area contributed by atoms with Gasteiger partial charge in [0.15, 0.2) is 5.82 Å². The van der Waals surface area contributed by atoms with Gasteiger partial charge < -0.3 is 5.73 Å². The number of pyridine rings is 1. The van der Waals surface area contributed by atoms with Gasteiger partial charge in [0.25, 0.3) is 0 Å². The van der Waals surface area contributed by atoms with Crippen LogP contribution in [0, 0.1) is 6.92 Å². The lowest BCUT2D eigenvalue weighted by Gasteiger charge is -2.21. The van der Waals surface area contributed by atoms with E-state index >= 15 is 0 Å². The molecule has 0 aliphatic heterocycles. The maximum atomic E-state index is 5.99. The predicted molar refractivity (Wildman–Crippen MR) is 80.8 cm³/mol. The lowest BCUT2D eigenvalue weighted by molar-refractivity contribution is 0.564. The van der Waals surface area contributed by atoms with Gasteiger partial charge in [-0.3, -0.25) is 4.98 Å². The Morgan fingerprint density at radius 3 is 2.47 bits per heavy atom. The van der Waals surface area contributed by atoms with Crippen LogP contribution in [0.4, 0.5) is 5.82 Å². The van der Waals surface area contributed by atoms with Gasteiger partial charge >= 0.3 is 0 Å². The molecule has 2 aromatic rings. The lowest BCUT2D eigenvalue weighted by atomic mass is 9.91. The summed E-state index contributed by atoms with van der Waals surface area (Å²) in [4.78, 5) is 13.1. The fourth-order valence-electron chi connectivity index (χ4n) is 1.81. The van der Waals surface area contributed by atoms with Crippen molar-refractivity contribution in [3.63, 3.8) is 0 Å². The fraction of sp³-hybridized carbons (Fsp3) is 0.357. The monoisotopic (exact) mass is 320 g/mol. The van der Waals surface area contributed by atoms with Gasteiger partial charge in [0, 0.05) is 23.4 Å². The van der Waals surface area contributed by atoms with Crippen molar-refractivity contribution in [2.45, 2.75) is 33.1 Å². The first-order valence-corrected chi connectivity index (χ1v) is 6.84. The third-order valence-electron chi connectivity index (χ3n) is 2.85. The van der Waals surface area contributed by atoms with Crippen molar-refractivity contribution in [2.75, 3.05) is 5.73 Å². The van der Waals surface area contributed by atoms with Crippen LogP contribution in [0.15, 0.2) is 22.9 Å². The summed E-state index contributed by atoms with van der Waals surface area (Å²) in [6, 6.07) is 1.91. The molecular formula is C14H17BrN4. The highest BCUT2D eigenvalue weighted by atomic mass is 79.9. The van der Waals surface area contributed by atoms with E-state index in [2.05, 4.69) is 51.7 Å². The van der Waals surface area contributed by atoms with Crippen LogP contribution in [0.3, 0.4) is 0 Å². The lowest BCUT2D eigenvalue weighted by Crippen LogP contribution is -2.17. The summed E-state index contributed by atoms with van der Waals surface area (Å²) in [6.07, 6.45) is 3.54. The van der Waals surface area contributed by atoms with E-state index in [-0.39, 0.29) is 5.41 Å². The molecule has 2 aromatic heterocycles. The van der Waals surface area contributed by atoms with Gasteiger partial charge in [0.1, 0.15) is 5.82 Å². The molecule has 0 saturated carbocycles. The zero-order chi connectivity index (χ0) is 14.2. The van der Waals surface area contributed by atoms with Gasteiger partial charge in [-0.15, -0.1) is 0 Å². The first-order chi connectivity index (χ1) is 8.80. The standard InChI is InChI=1S/C14H17BrN4/c1-8-7-17-6-5-9(8)13-18-11(14(2,3)4)10(15)12(16)19-13/h5-7H,1-4H3,(H2,16,18,19). The third-order valence-corrected chi connectivity index (χ3v) is 3.63. The Labute approximate surface area is 121 Å². The van der Waals surface area contributed by atoms with Crippen LogP contribution in [0.5, 0.6) is 0 Å². The predicted octanol–water partition coefficient (Wildman–Crippen LogP) is 3.49. The number of hydrogen-bond donors (Lipinski definition) is 1. The van der Waals surface area contributed by atoms with Gasteiger partial charge in [-0.05, 0) is 34.5 Å². The number of anilines is 1. The topological polar surface area (TPSA) is 64.7 Å². The number of aromatic nitrogens is 3. The number of halogens is 1. The van der Waals surface area contributed by atoms with E-state index in [1.54, 1.807) is 12.4 Å². The minimum Gasteiger partial charge on any atom is -0.383 e. The molecular weight excluding hydrogens is 304 g/mol. The number of rotatable bonds is 1. The van der Waals surface area contributed by atoms with Crippen LogP contribution < -0.4 is 5.73 Å². The summed E-state index contributed by atoms with van der Waals surface area (Å²) in [5.74, 6) is 1.11. The summed E-state index contributed by atoms with van der Waals surface area (Å²) >= 11 is 3.48. The van der Waals surface area contributed by atoms with Gasteiger partial charge in [-0.1, -0.05) is 20.8 Å². The second-order valence-electron chi connectivity index (χ2n) is 5.54. The number of aryl methyl sites for hydroxylation is 1. The SMILES string of the molecule is Cc1cnccc1-c1nc(N)c(Br)c(C(C)(C)C)n1. The highest BCUT2D eigenvalue weighted by molar-refractivity contribution is 9.10. The molecule has 4 nitrogen and oxygen atoms in total. The van der Waals surface area contributed by atoms with E-state index in [1.807, 2.05) is 13.0 Å². The first-order valence-electron chi connectivity index (χ1n) is 6.05. The molecule has 2 heterocycles. The molecule has 19 heavy (non-hydrogen) atoms. The molecule has 0 saturated heterocycles. The molecule has 0 radical (unpaired) electrons. The molecule has 0 aliphatic rings. The van der Waals surface area contributed by atoms with Gasteiger partial charge in [0.2, 0.25) is 0 Å². The minimum atomic E-state index is -0.106. The van der Waals surface area contributed by atoms with Crippen LogP contribution in [0.1, 0.15) is 32.0 Å². The molecule has 2 N–H and O–H groups in total. The molecule has 0 aliphatic carbocycles. The Balaban J connectivity index is 2.68. The number of nitrogens with zero attached hydrogens (tertiary/aromatic N) is 3. The van der Waals surface area contributed by atoms with E-state index in [4.69, 9.17) is 5.73 Å². The second-order valence-corrected chi connectivity index (χ2v) is 6.33. The van der Waals surface area contributed by atoms with Crippen LogP contribution in [-0.4, -0.2) is 15.0 Å². The van der Waals surface area contributed by atoms with Gasteiger partial charge in [-0.2, -0.15) is 0 Å². The number of nitrogen functional groups attached to an aromatic ring is 1. The summed E-state index contributed by atoms with van der Waals surface area (Å²) in [7, 11) is 0. The van der Waals surface area contributed by atoms with E-state index in [9.17, 15) is 0 Å². The summed E-state index contributed by atoms with van der Waals surface area (Å²) in [5.41, 5.74) is 8.78. The molecule has 0 aromatic carbocycles. The molecule has 100 valence electrons. The van der Waals surface area contributed by atoms with Crippen molar-refractivity contribution in [3.05, 3.63) is 34.2 Å². The van der Waals surface area contributed by atoms with Crippen molar-refractivity contribution >= 4 is 21.7 Å². The summed E-state index contributed by atoms with van der Waals surface area (Å²) in [5, 5.41) is 0. The zero-order valence-corrected chi connectivity index (χ0v) is 13.1. The zero-order valence-electron chi connectivity index (χ0n) is 11.5. The molecule has 0 bridgehead atoms. The van der Waals surface area contributed by atoms with Gasteiger partial charge in [-0.25, -0.2) is 9.97 Å². The molecule has 0 spiro atoms. The van der Waals surface area contributed by atoms with Crippen molar-refractivity contribution in [1.29, 1.82) is 0 Å². The average Bonchev–Trinajstić information content (AvgIpc) is 2.31. The van der Waals surface area contributed by atoms with Gasteiger partial charge in [0.05, 0.1) is 10.2 Å². The molecule has 0 amide bonds. The van der Waals surface area contributed by atoms with Crippen LogP contribution >= 0.6 is 15.9 Å². The Bertz CT molecular complexity index is 617.